The second kappa shape index (κ2) is 7.86. The summed E-state index contributed by atoms with van der Waals surface area (Å²) in [7, 11) is 1.72. The van der Waals surface area contributed by atoms with Gasteiger partial charge in [0, 0.05) is 18.4 Å². The number of carbonyl (C=O) groups is 1. The molecule has 0 fully saturated rings. The van der Waals surface area contributed by atoms with Gasteiger partial charge in [-0.2, -0.15) is 5.26 Å². The minimum absolute atomic E-state index is 0.156. The standard InChI is InChI=1S/C19H19N7OS/c1-25-19(22-23-24-25)28-12-17(27)21-18-15(11-20)14-9-5-6-10-16(14)26(18)13-7-3-2-4-8-13/h2-4,7-8H,5-6,9-10,12H2,1H3,(H,21,27). The zero-order chi connectivity index (χ0) is 19.5. The number of hydrogen-bond acceptors (Lipinski definition) is 6. The fourth-order valence-corrected chi connectivity index (χ4v) is 4.19. The molecule has 9 heteroatoms. The third-order valence-corrected chi connectivity index (χ3v) is 5.78. The van der Waals surface area contributed by atoms with Gasteiger partial charge in [0.15, 0.2) is 0 Å². The molecule has 1 aliphatic carbocycles. The number of nitrogens with zero attached hydrogens (tertiary/aromatic N) is 6. The molecule has 2 heterocycles. The maximum absolute atomic E-state index is 12.7. The number of nitriles is 1. The number of aryl methyl sites for hydroxylation is 1. The molecular formula is C19H19N7OS. The minimum Gasteiger partial charge on any atom is -0.310 e. The number of benzene rings is 1. The van der Waals surface area contributed by atoms with Gasteiger partial charge in [-0.3, -0.25) is 9.36 Å². The summed E-state index contributed by atoms with van der Waals surface area (Å²) in [5.41, 5.74) is 3.69. The van der Waals surface area contributed by atoms with Crippen LogP contribution in [-0.2, 0) is 24.7 Å². The van der Waals surface area contributed by atoms with E-state index in [1.54, 1.807) is 7.05 Å². The van der Waals surface area contributed by atoms with Gasteiger partial charge in [0.1, 0.15) is 11.9 Å². The van der Waals surface area contributed by atoms with Crippen molar-refractivity contribution in [2.24, 2.45) is 7.05 Å². The first-order valence-electron chi connectivity index (χ1n) is 9.06. The molecule has 0 atom stereocenters. The van der Waals surface area contributed by atoms with Gasteiger partial charge in [-0.05, 0) is 53.8 Å². The number of aromatic nitrogens is 5. The Hall–Kier alpha value is -3.12. The normalized spacial score (nSPS) is 13.0. The van der Waals surface area contributed by atoms with Crippen LogP contribution in [0.25, 0.3) is 5.69 Å². The fraction of sp³-hybridized carbons (Fsp3) is 0.316. The lowest BCUT2D eigenvalue weighted by atomic mass is 9.95. The Balaban J connectivity index is 1.67. The highest BCUT2D eigenvalue weighted by molar-refractivity contribution is 7.99. The van der Waals surface area contributed by atoms with E-state index in [9.17, 15) is 10.1 Å². The molecule has 8 nitrogen and oxygen atoms in total. The van der Waals surface area contributed by atoms with Crippen molar-refractivity contribution in [3.8, 4) is 11.8 Å². The van der Waals surface area contributed by atoms with Crippen molar-refractivity contribution >= 4 is 23.5 Å². The van der Waals surface area contributed by atoms with Crippen LogP contribution < -0.4 is 5.32 Å². The van der Waals surface area contributed by atoms with Gasteiger partial charge in [0.05, 0.1) is 11.3 Å². The van der Waals surface area contributed by atoms with Crippen LogP contribution in [0.2, 0.25) is 0 Å². The molecule has 1 aliphatic rings. The summed E-state index contributed by atoms with van der Waals surface area (Å²) in [5.74, 6) is 0.516. The van der Waals surface area contributed by atoms with Crippen molar-refractivity contribution < 1.29 is 4.79 Å². The van der Waals surface area contributed by atoms with E-state index in [-0.39, 0.29) is 11.7 Å². The number of carbonyl (C=O) groups excluding carboxylic acids is 1. The highest BCUT2D eigenvalue weighted by Gasteiger charge is 2.26. The Kier molecular flexibility index (Phi) is 5.12. The van der Waals surface area contributed by atoms with Crippen molar-refractivity contribution in [3.05, 3.63) is 47.2 Å². The van der Waals surface area contributed by atoms with Gasteiger partial charge >= 0.3 is 0 Å². The van der Waals surface area contributed by atoms with Gasteiger partial charge in [-0.25, -0.2) is 4.68 Å². The summed E-state index contributed by atoms with van der Waals surface area (Å²) in [5, 5.41) is 24.6. The van der Waals surface area contributed by atoms with Crippen LogP contribution in [-0.4, -0.2) is 36.4 Å². The molecule has 4 rings (SSSR count). The zero-order valence-corrected chi connectivity index (χ0v) is 16.2. The van der Waals surface area contributed by atoms with E-state index in [2.05, 4.69) is 26.9 Å². The van der Waals surface area contributed by atoms with E-state index in [1.807, 2.05) is 34.9 Å². The van der Waals surface area contributed by atoms with Crippen LogP contribution in [0.4, 0.5) is 5.82 Å². The molecule has 1 amide bonds. The number of para-hydroxylation sites is 1. The van der Waals surface area contributed by atoms with Gasteiger partial charge in [0.25, 0.3) is 0 Å². The van der Waals surface area contributed by atoms with E-state index >= 15 is 0 Å². The Morgan fingerprint density at radius 2 is 2.07 bits per heavy atom. The second-order valence-electron chi connectivity index (χ2n) is 6.56. The molecule has 0 saturated heterocycles. The van der Waals surface area contributed by atoms with Crippen LogP contribution >= 0.6 is 11.8 Å². The Morgan fingerprint density at radius 1 is 1.29 bits per heavy atom. The molecule has 1 aromatic carbocycles. The monoisotopic (exact) mass is 393 g/mol. The quantitative estimate of drug-likeness (QED) is 0.668. The summed E-state index contributed by atoms with van der Waals surface area (Å²) in [6, 6.07) is 12.2. The van der Waals surface area contributed by atoms with Gasteiger partial charge < -0.3 is 5.32 Å². The predicted molar refractivity (Wildman–Crippen MR) is 105 cm³/mol. The molecule has 0 spiro atoms. The van der Waals surface area contributed by atoms with Gasteiger partial charge in [0.2, 0.25) is 11.1 Å². The lowest BCUT2D eigenvalue weighted by Crippen LogP contribution is -2.18. The van der Waals surface area contributed by atoms with Gasteiger partial charge in [-0.15, -0.1) is 5.10 Å². The Bertz CT molecular complexity index is 1050. The first-order valence-corrected chi connectivity index (χ1v) is 10.0. The maximum atomic E-state index is 12.7. The molecule has 28 heavy (non-hydrogen) atoms. The average Bonchev–Trinajstić information content (AvgIpc) is 3.27. The summed E-state index contributed by atoms with van der Waals surface area (Å²) < 4.78 is 3.55. The minimum atomic E-state index is -0.198. The molecule has 0 aliphatic heterocycles. The summed E-state index contributed by atoms with van der Waals surface area (Å²) >= 11 is 1.25. The molecule has 0 bridgehead atoms. The lowest BCUT2D eigenvalue weighted by Gasteiger charge is -2.17. The highest BCUT2D eigenvalue weighted by Crippen LogP contribution is 2.35. The van der Waals surface area contributed by atoms with Gasteiger partial charge in [-0.1, -0.05) is 30.0 Å². The van der Waals surface area contributed by atoms with Crippen LogP contribution in [0.15, 0.2) is 35.5 Å². The number of nitrogens with one attached hydrogen (secondary N) is 1. The average molecular weight is 393 g/mol. The number of thioether (sulfide) groups is 1. The topological polar surface area (TPSA) is 101 Å². The first kappa shape index (κ1) is 18.3. The first-order chi connectivity index (χ1) is 13.7. The van der Waals surface area contributed by atoms with Crippen LogP contribution in [0, 0.1) is 11.3 Å². The van der Waals surface area contributed by atoms with Crippen LogP contribution in [0.3, 0.4) is 0 Å². The molecule has 1 N–H and O–H groups in total. The van der Waals surface area contributed by atoms with Crippen molar-refractivity contribution in [1.82, 2.24) is 24.8 Å². The number of fused-ring (bicyclic) bond motifs is 1. The molecule has 142 valence electrons. The molecule has 3 aromatic rings. The largest absolute Gasteiger partial charge is 0.310 e. The second-order valence-corrected chi connectivity index (χ2v) is 7.50. The maximum Gasteiger partial charge on any atom is 0.236 e. The smallest absolute Gasteiger partial charge is 0.236 e. The highest BCUT2D eigenvalue weighted by atomic mass is 32.2. The van der Waals surface area contributed by atoms with Crippen molar-refractivity contribution in [2.45, 2.75) is 30.8 Å². The number of tetrazole rings is 1. The summed E-state index contributed by atoms with van der Waals surface area (Å²) in [6.45, 7) is 0. The molecule has 0 saturated carbocycles. The summed E-state index contributed by atoms with van der Waals surface area (Å²) in [4.78, 5) is 12.7. The predicted octanol–water partition coefficient (Wildman–Crippen LogP) is 2.48. The Morgan fingerprint density at radius 3 is 2.79 bits per heavy atom. The third-order valence-electron chi connectivity index (χ3n) is 4.77. The van der Waals surface area contributed by atoms with Crippen molar-refractivity contribution in [1.29, 1.82) is 5.26 Å². The lowest BCUT2D eigenvalue weighted by molar-refractivity contribution is -0.113. The SMILES string of the molecule is Cn1nnnc1SCC(=O)Nc1c(C#N)c2c(n1-c1ccccc1)CCCC2. The fourth-order valence-electron chi connectivity index (χ4n) is 3.54. The molecular weight excluding hydrogens is 374 g/mol. The van der Waals surface area contributed by atoms with E-state index in [4.69, 9.17) is 0 Å². The van der Waals surface area contributed by atoms with E-state index < -0.39 is 0 Å². The van der Waals surface area contributed by atoms with Crippen LogP contribution in [0.1, 0.15) is 29.7 Å². The third kappa shape index (κ3) is 3.39. The number of rotatable bonds is 5. The van der Waals surface area contributed by atoms with E-state index in [0.29, 0.717) is 16.5 Å². The number of hydrogen-bond donors (Lipinski definition) is 1. The molecule has 0 radical (unpaired) electrons. The van der Waals surface area contributed by atoms with Crippen molar-refractivity contribution in [3.63, 3.8) is 0 Å². The van der Waals surface area contributed by atoms with E-state index in [0.717, 1.165) is 42.6 Å². The molecule has 0 unspecified atom stereocenters. The zero-order valence-electron chi connectivity index (χ0n) is 15.4. The van der Waals surface area contributed by atoms with Crippen molar-refractivity contribution in [2.75, 3.05) is 11.1 Å². The Labute approximate surface area is 166 Å². The molecule has 2 aromatic heterocycles. The number of amides is 1. The van der Waals surface area contributed by atoms with Crippen LogP contribution in [0.5, 0.6) is 0 Å². The summed E-state index contributed by atoms with van der Waals surface area (Å²) in [6.07, 6.45) is 3.90. The number of anilines is 1. The van der Waals surface area contributed by atoms with E-state index in [1.165, 1.54) is 16.4 Å².